The maximum Gasteiger partial charge on any atom is 0.191 e. The van der Waals surface area contributed by atoms with Crippen LogP contribution >= 0.6 is 23.4 Å². The lowest BCUT2D eigenvalue weighted by atomic mass is 10.2. The Kier molecular flexibility index (Phi) is 6.80. The molecule has 0 radical (unpaired) electrons. The zero-order valence-electron chi connectivity index (χ0n) is 16.0. The van der Waals surface area contributed by atoms with Crippen LogP contribution in [-0.2, 0) is 12.3 Å². The van der Waals surface area contributed by atoms with Gasteiger partial charge in [-0.1, -0.05) is 35.5 Å². The predicted octanol–water partition coefficient (Wildman–Crippen LogP) is 5.76. The summed E-state index contributed by atoms with van der Waals surface area (Å²) >= 11 is 7.66. The van der Waals surface area contributed by atoms with Crippen LogP contribution in [0.5, 0.6) is 0 Å². The van der Waals surface area contributed by atoms with Crippen molar-refractivity contribution in [3.8, 4) is 11.4 Å². The Hall–Kier alpha value is -1.98. The van der Waals surface area contributed by atoms with Gasteiger partial charge in [0.1, 0.15) is 0 Å². The van der Waals surface area contributed by atoms with Crippen LogP contribution in [0, 0.1) is 0 Å². The molecule has 0 fully saturated rings. The first-order valence-electron chi connectivity index (χ1n) is 9.32. The van der Waals surface area contributed by atoms with Gasteiger partial charge in [-0.05, 0) is 62.7 Å². The Morgan fingerprint density at radius 3 is 2.19 bits per heavy atom. The molecule has 0 spiro atoms. The second kappa shape index (κ2) is 9.29. The number of thioether (sulfide) groups is 1. The van der Waals surface area contributed by atoms with Crippen molar-refractivity contribution in [2.45, 2.75) is 38.2 Å². The lowest BCUT2D eigenvalue weighted by Crippen LogP contribution is -2.21. The quantitative estimate of drug-likeness (QED) is 0.450. The topological polar surface area (TPSA) is 34.0 Å². The third kappa shape index (κ3) is 4.66. The summed E-state index contributed by atoms with van der Waals surface area (Å²) in [5.41, 5.74) is 3.56. The fraction of sp³-hybridized carbons (Fsp3) is 0.333. The van der Waals surface area contributed by atoms with Crippen molar-refractivity contribution >= 4 is 29.1 Å². The first-order chi connectivity index (χ1) is 13.2. The number of nitrogens with zero attached hydrogens (tertiary/aromatic N) is 4. The van der Waals surface area contributed by atoms with Gasteiger partial charge in [0.05, 0.1) is 0 Å². The number of rotatable bonds is 8. The summed E-state index contributed by atoms with van der Waals surface area (Å²) in [5, 5.41) is 10.6. The van der Waals surface area contributed by atoms with Crippen molar-refractivity contribution in [3.63, 3.8) is 0 Å². The molecule has 0 saturated carbocycles. The normalized spacial score (nSPS) is 11.0. The van der Waals surface area contributed by atoms with Crippen LogP contribution in [0.25, 0.3) is 11.4 Å². The van der Waals surface area contributed by atoms with Gasteiger partial charge >= 0.3 is 0 Å². The molecule has 1 heterocycles. The van der Waals surface area contributed by atoms with Gasteiger partial charge in [-0.3, -0.25) is 0 Å². The largest absolute Gasteiger partial charge is 0.372 e. The molecule has 4 nitrogen and oxygen atoms in total. The van der Waals surface area contributed by atoms with Crippen LogP contribution in [0.1, 0.15) is 26.3 Å². The predicted molar refractivity (Wildman–Crippen MR) is 116 cm³/mol. The van der Waals surface area contributed by atoms with E-state index in [1.54, 1.807) is 11.8 Å². The standard InChI is InChI=1S/C21H25ClN4S/c1-4-25(5-2)19-13-9-17(10-14-19)20-23-24-21(26(20)6-3)27-15-16-7-11-18(22)12-8-16/h7-14H,4-6,15H2,1-3H3. The number of hydrogen-bond donors (Lipinski definition) is 0. The summed E-state index contributed by atoms with van der Waals surface area (Å²) in [6.45, 7) is 9.33. The van der Waals surface area contributed by atoms with Crippen LogP contribution in [0.2, 0.25) is 5.02 Å². The molecular formula is C21H25ClN4S. The minimum Gasteiger partial charge on any atom is -0.372 e. The molecule has 0 saturated heterocycles. The van der Waals surface area contributed by atoms with E-state index in [2.05, 4.69) is 76.8 Å². The van der Waals surface area contributed by atoms with Gasteiger partial charge in [-0.2, -0.15) is 0 Å². The van der Waals surface area contributed by atoms with E-state index in [1.807, 2.05) is 12.1 Å². The van der Waals surface area contributed by atoms with E-state index < -0.39 is 0 Å². The van der Waals surface area contributed by atoms with Crippen LogP contribution in [0.15, 0.2) is 53.7 Å². The maximum atomic E-state index is 5.96. The molecule has 1 aromatic heterocycles. The second-order valence-electron chi connectivity index (χ2n) is 6.18. The second-order valence-corrected chi connectivity index (χ2v) is 7.56. The van der Waals surface area contributed by atoms with E-state index in [0.717, 1.165) is 47.0 Å². The van der Waals surface area contributed by atoms with E-state index in [4.69, 9.17) is 11.6 Å². The molecule has 0 aliphatic rings. The summed E-state index contributed by atoms with van der Waals surface area (Å²) in [6.07, 6.45) is 0. The van der Waals surface area contributed by atoms with Gasteiger partial charge in [0, 0.05) is 41.7 Å². The van der Waals surface area contributed by atoms with Gasteiger partial charge in [0.2, 0.25) is 0 Å². The lowest BCUT2D eigenvalue weighted by Gasteiger charge is -2.21. The fourth-order valence-corrected chi connectivity index (χ4v) is 4.12. The summed E-state index contributed by atoms with van der Waals surface area (Å²) in [5.74, 6) is 1.76. The highest BCUT2D eigenvalue weighted by Crippen LogP contribution is 2.28. The Labute approximate surface area is 170 Å². The Morgan fingerprint density at radius 1 is 0.926 bits per heavy atom. The van der Waals surface area contributed by atoms with Crippen LogP contribution < -0.4 is 4.90 Å². The number of hydrogen-bond acceptors (Lipinski definition) is 4. The van der Waals surface area contributed by atoms with Crippen LogP contribution in [-0.4, -0.2) is 27.9 Å². The molecule has 3 aromatic rings. The molecule has 3 rings (SSSR count). The Balaban J connectivity index is 1.78. The molecule has 0 amide bonds. The highest BCUT2D eigenvalue weighted by Gasteiger charge is 2.14. The fourth-order valence-electron chi connectivity index (χ4n) is 3.03. The SMILES string of the molecule is CCN(CC)c1ccc(-c2nnc(SCc3ccc(Cl)cc3)n2CC)cc1. The smallest absolute Gasteiger partial charge is 0.191 e. The summed E-state index contributed by atoms with van der Waals surface area (Å²) in [7, 11) is 0. The third-order valence-electron chi connectivity index (χ3n) is 4.57. The zero-order valence-corrected chi connectivity index (χ0v) is 17.6. The lowest BCUT2D eigenvalue weighted by molar-refractivity contribution is 0.687. The van der Waals surface area contributed by atoms with E-state index >= 15 is 0 Å². The van der Waals surface area contributed by atoms with Crippen molar-refractivity contribution < 1.29 is 0 Å². The summed E-state index contributed by atoms with van der Waals surface area (Å²) in [4.78, 5) is 2.34. The monoisotopic (exact) mass is 400 g/mol. The van der Waals surface area contributed by atoms with E-state index in [-0.39, 0.29) is 0 Å². The van der Waals surface area contributed by atoms with E-state index in [9.17, 15) is 0 Å². The summed E-state index contributed by atoms with van der Waals surface area (Å²) < 4.78 is 2.17. The zero-order chi connectivity index (χ0) is 19.2. The molecule has 0 N–H and O–H groups in total. The molecule has 27 heavy (non-hydrogen) atoms. The molecule has 0 bridgehead atoms. The van der Waals surface area contributed by atoms with Crippen LogP contribution in [0.3, 0.4) is 0 Å². The number of benzene rings is 2. The van der Waals surface area contributed by atoms with Gasteiger partial charge in [-0.15, -0.1) is 10.2 Å². The minimum absolute atomic E-state index is 0.760. The third-order valence-corrected chi connectivity index (χ3v) is 5.86. The van der Waals surface area contributed by atoms with E-state index in [1.165, 1.54) is 11.3 Å². The van der Waals surface area contributed by atoms with Crippen LogP contribution in [0.4, 0.5) is 5.69 Å². The molecule has 2 aromatic carbocycles. The molecule has 0 aliphatic carbocycles. The van der Waals surface area contributed by atoms with E-state index in [0.29, 0.717) is 0 Å². The first-order valence-corrected chi connectivity index (χ1v) is 10.7. The van der Waals surface area contributed by atoms with Crippen molar-refractivity contribution in [2.75, 3.05) is 18.0 Å². The Morgan fingerprint density at radius 2 is 1.59 bits per heavy atom. The first kappa shape index (κ1) is 19.8. The molecule has 142 valence electrons. The van der Waals surface area contributed by atoms with Gasteiger partial charge in [0.25, 0.3) is 0 Å². The van der Waals surface area contributed by atoms with Crippen molar-refractivity contribution in [3.05, 3.63) is 59.1 Å². The highest BCUT2D eigenvalue weighted by molar-refractivity contribution is 7.98. The molecule has 6 heteroatoms. The van der Waals surface area contributed by atoms with Gasteiger partial charge < -0.3 is 9.47 Å². The number of halogens is 1. The molecule has 0 aliphatic heterocycles. The number of aromatic nitrogens is 3. The average molecular weight is 401 g/mol. The number of anilines is 1. The highest BCUT2D eigenvalue weighted by atomic mass is 35.5. The van der Waals surface area contributed by atoms with Gasteiger partial charge in [0.15, 0.2) is 11.0 Å². The minimum atomic E-state index is 0.760. The average Bonchev–Trinajstić information content (AvgIpc) is 3.12. The molecule has 0 atom stereocenters. The Bertz CT molecular complexity index is 855. The molecule has 0 unspecified atom stereocenters. The van der Waals surface area contributed by atoms with Crippen molar-refractivity contribution in [1.82, 2.24) is 14.8 Å². The maximum absolute atomic E-state index is 5.96. The van der Waals surface area contributed by atoms with Crippen molar-refractivity contribution in [2.24, 2.45) is 0 Å². The molecular weight excluding hydrogens is 376 g/mol. The van der Waals surface area contributed by atoms with Gasteiger partial charge in [-0.25, -0.2) is 0 Å². The van der Waals surface area contributed by atoms with Crippen molar-refractivity contribution in [1.29, 1.82) is 0 Å². The summed E-state index contributed by atoms with van der Waals surface area (Å²) in [6, 6.07) is 16.5.